The summed E-state index contributed by atoms with van der Waals surface area (Å²) in [6, 6.07) is 0. The highest BCUT2D eigenvalue weighted by molar-refractivity contribution is 5.18. The Hall–Kier alpha value is 0. The van der Waals surface area contributed by atoms with Crippen molar-refractivity contribution in [3.63, 3.8) is 0 Å². The van der Waals surface area contributed by atoms with Crippen LogP contribution in [0.25, 0.3) is 0 Å². The smallest absolute Gasteiger partial charge is 0.0173 e. The van der Waals surface area contributed by atoms with Gasteiger partial charge in [-0.25, -0.2) is 0 Å². The molecule has 14 atom stereocenters. The summed E-state index contributed by atoms with van der Waals surface area (Å²) in [5.41, 5.74) is 0.659. The molecule has 0 spiro atoms. The standard InChI is InChI=1S/C105H174/c1-5-17-71(18-6-1)75-29-37-79(38-30-75)83-45-49-87(50-46-83)91-61-63-93-67-99(89-57-53-85(54-58-89)81-41-33-77(34-42-81)73-21-9-3-10-22-73)103(69-95(93)65-91)105(101-27-15-13-25-97(101)98-26-14-16-28-102(98)105)104-70-96-66-92(88-51-47-84(48-52-88)80-39-31-76(32-40-80)72-19-7-2-8-20-72)62-64-94(96)68-100(104)90-59-55-86(56-60-90)82-43-35-78(36-44-82)74-23-11-4-12-24-74/h71-104H,1-70H2. The third-order valence-electron chi connectivity index (χ3n) is 43.4. The minimum atomic E-state index is 0.659. The molecule has 0 nitrogen and oxygen atoms in total. The van der Waals surface area contributed by atoms with Gasteiger partial charge in [-0.2, -0.15) is 0 Å². The van der Waals surface area contributed by atoms with Gasteiger partial charge >= 0.3 is 0 Å². The van der Waals surface area contributed by atoms with Crippen molar-refractivity contribution in [2.75, 3.05) is 0 Å². The van der Waals surface area contributed by atoms with Gasteiger partial charge in [-0.3, -0.25) is 0 Å². The lowest BCUT2D eigenvalue weighted by Crippen LogP contribution is -2.59. The fourth-order valence-corrected chi connectivity index (χ4v) is 38.3. The molecule has 0 radical (unpaired) electrons. The van der Waals surface area contributed by atoms with Crippen LogP contribution in [0.1, 0.15) is 449 Å². The molecule has 14 unspecified atom stereocenters. The molecule has 19 fully saturated rings. The first kappa shape index (κ1) is 75.1. The van der Waals surface area contributed by atoms with Crippen molar-refractivity contribution in [2.45, 2.75) is 449 Å². The minimum Gasteiger partial charge on any atom is -0.0533 e. The Kier molecular flexibility index (Phi) is 24.9. The molecule has 105 heavy (non-hydrogen) atoms. The van der Waals surface area contributed by atoms with E-state index in [1.807, 2.05) is 0 Å². The number of hydrogen-bond donors (Lipinski definition) is 0. The lowest BCUT2D eigenvalue weighted by atomic mass is 9.39. The molecule has 0 aromatic carbocycles. The molecule has 0 aromatic rings. The topological polar surface area (TPSA) is 0 Å². The second-order valence-electron chi connectivity index (χ2n) is 46.8. The van der Waals surface area contributed by atoms with Crippen molar-refractivity contribution < 1.29 is 0 Å². The van der Waals surface area contributed by atoms with Gasteiger partial charge in [0.2, 0.25) is 0 Å². The predicted molar refractivity (Wildman–Crippen MR) is 444 cm³/mol. The summed E-state index contributed by atoms with van der Waals surface area (Å²) in [4.78, 5) is 0. The van der Waals surface area contributed by atoms with E-state index in [1.54, 1.807) is 424 Å². The molecule has 594 valence electrons. The van der Waals surface area contributed by atoms with E-state index >= 15 is 0 Å². The van der Waals surface area contributed by atoms with Crippen LogP contribution in [0.3, 0.4) is 0 Å². The Morgan fingerprint density at radius 1 is 0.0952 bits per heavy atom. The van der Waals surface area contributed by atoms with E-state index < -0.39 is 0 Å². The molecular weight excluding hydrogens is 1260 g/mol. The van der Waals surface area contributed by atoms with Gasteiger partial charge in [0.15, 0.2) is 0 Å². The van der Waals surface area contributed by atoms with Crippen molar-refractivity contribution in [2.24, 2.45) is 207 Å². The van der Waals surface area contributed by atoms with Gasteiger partial charge in [0.1, 0.15) is 0 Å². The van der Waals surface area contributed by atoms with E-state index in [0.29, 0.717) is 5.41 Å². The Bertz CT molecular complexity index is 2390. The summed E-state index contributed by atoms with van der Waals surface area (Å²) >= 11 is 0. The Labute approximate surface area is 652 Å². The average molecular weight is 1440 g/mol. The highest BCUT2D eigenvalue weighted by Crippen LogP contribution is 2.77. The maximum Gasteiger partial charge on any atom is -0.0173 e. The molecule has 0 bridgehead atoms. The first-order valence-electron chi connectivity index (χ1n) is 52.0. The van der Waals surface area contributed by atoms with Crippen molar-refractivity contribution in [3.05, 3.63) is 0 Å². The van der Waals surface area contributed by atoms with Crippen LogP contribution in [0.2, 0.25) is 0 Å². The van der Waals surface area contributed by atoms with Crippen LogP contribution >= 0.6 is 0 Å². The fourth-order valence-electron chi connectivity index (χ4n) is 38.3. The largest absolute Gasteiger partial charge is 0.0533 e. The quantitative estimate of drug-likeness (QED) is 0.163. The molecule has 19 aliphatic rings. The number of hydrogen-bond acceptors (Lipinski definition) is 0. The van der Waals surface area contributed by atoms with E-state index in [4.69, 9.17) is 0 Å². The molecule has 0 heterocycles. The van der Waals surface area contributed by atoms with Gasteiger partial charge in [0.05, 0.1) is 0 Å². The Morgan fingerprint density at radius 3 is 0.505 bits per heavy atom. The molecule has 0 N–H and O–H groups in total. The molecule has 19 aliphatic carbocycles. The first-order valence-corrected chi connectivity index (χ1v) is 52.0. The zero-order chi connectivity index (χ0) is 69.6. The van der Waals surface area contributed by atoms with Crippen molar-refractivity contribution >= 4 is 0 Å². The van der Waals surface area contributed by atoms with Crippen LogP contribution in [0.5, 0.6) is 0 Å². The van der Waals surface area contributed by atoms with E-state index in [-0.39, 0.29) is 0 Å². The summed E-state index contributed by atoms with van der Waals surface area (Å²) in [5, 5.41) is 0. The lowest BCUT2D eigenvalue weighted by molar-refractivity contribution is -0.169. The maximum atomic E-state index is 1.77. The summed E-state index contributed by atoms with van der Waals surface area (Å²) in [6.45, 7) is 0. The van der Waals surface area contributed by atoms with Crippen LogP contribution in [-0.2, 0) is 0 Å². The number of rotatable bonds is 14. The molecule has 19 saturated carbocycles. The van der Waals surface area contributed by atoms with Gasteiger partial charge in [-0.15, -0.1) is 0 Å². The predicted octanol–water partition coefficient (Wildman–Crippen LogP) is 31.5. The third kappa shape index (κ3) is 16.0. The lowest BCUT2D eigenvalue weighted by Gasteiger charge is -2.65. The number of fused-ring (bicyclic) bond motifs is 5. The second-order valence-corrected chi connectivity index (χ2v) is 46.8. The Morgan fingerprint density at radius 2 is 0.267 bits per heavy atom. The molecule has 0 heteroatoms. The second kappa shape index (κ2) is 34.8. The van der Waals surface area contributed by atoms with Crippen LogP contribution < -0.4 is 0 Å². The molecule has 0 amide bonds. The monoisotopic (exact) mass is 1440 g/mol. The fraction of sp³-hybridized carbons (Fsp3) is 1.00. The van der Waals surface area contributed by atoms with E-state index in [1.165, 1.54) is 25.7 Å². The van der Waals surface area contributed by atoms with Gasteiger partial charge in [0.25, 0.3) is 0 Å². The van der Waals surface area contributed by atoms with Gasteiger partial charge in [-0.05, 0) is 502 Å². The summed E-state index contributed by atoms with van der Waals surface area (Å²) < 4.78 is 0. The summed E-state index contributed by atoms with van der Waals surface area (Å²) in [5.74, 6) is 37.0. The molecule has 0 aliphatic heterocycles. The summed E-state index contributed by atoms with van der Waals surface area (Å²) in [6.07, 6.45) is 114. The van der Waals surface area contributed by atoms with Crippen LogP contribution in [0.15, 0.2) is 0 Å². The van der Waals surface area contributed by atoms with Gasteiger partial charge < -0.3 is 0 Å². The van der Waals surface area contributed by atoms with Crippen molar-refractivity contribution in [1.29, 1.82) is 0 Å². The maximum absolute atomic E-state index is 1.77. The third-order valence-corrected chi connectivity index (χ3v) is 43.4. The van der Waals surface area contributed by atoms with E-state index in [2.05, 4.69) is 0 Å². The van der Waals surface area contributed by atoms with Gasteiger partial charge in [-0.1, -0.05) is 154 Å². The Balaban J connectivity index is 0.611. The highest BCUT2D eigenvalue weighted by Gasteiger charge is 2.70. The SMILES string of the molecule is C1CCC(C2CCC(C3CCC(C4CCC5CC(C6CCC(C7CCC(C8CCCCC8)CC7)CC6)C(C6(C7CC8CC(C9CCC(C%10CCC(C%11CCCCC%11)CC%10)CC9)CCC8CC7C7CCC(C8CCC(C9CCCCC9)CC8)CC7)C7CCCCC7C7CCCCC76)CC5C4)CC3)CC2)CC1. The average Bonchev–Trinajstić information content (AvgIpc) is 1.64. The zero-order valence-electron chi connectivity index (χ0n) is 69.6. The van der Waals surface area contributed by atoms with E-state index in [9.17, 15) is 0 Å². The molecular formula is C105H174. The first-order chi connectivity index (χ1) is 52.0. The van der Waals surface area contributed by atoms with Crippen LogP contribution in [0.4, 0.5) is 0 Å². The zero-order valence-corrected chi connectivity index (χ0v) is 69.6. The normalized spacial score (nSPS) is 50.7. The van der Waals surface area contributed by atoms with Crippen molar-refractivity contribution in [3.8, 4) is 0 Å². The summed E-state index contributed by atoms with van der Waals surface area (Å²) in [7, 11) is 0. The van der Waals surface area contributed by atoms with Crippen LogP contribution in [-0.4, -0.2) is 0 Å². The van der Waals surface area contributed by atoms with Crippen LogP contribution in [0, 0.1) is 207 Å². The molecule has 0 saturated heterocycles. The highest BCUT2D eigenvalue weighted by atomic mass is 14.7. The van der Waals surface area contributed by atoms with Crippen molar-refractivity contribution in [1.82, 2.24) is 0 Å². The minimum absolute atomic E-state index is 0.659. The molecule has 19 rings (SSSR count). The molecule has 0 aromatic heterocycles. The van der Waals surface area contributed by atoms with Gasteiger partial charge in [0, 0.05) is 0 Å². The van der Waals surface area contributed by atoms with E-state index in [0.717, 1.165) is 201 Å².